The van der Waals surface area contributed by atoms with Crippen molar-refractivity contribution in [3.05, 3.63) is 33.9 Å². The third kappa shape index (κ3) is 2.64. The quantitative estimate of drug-likeness (QED) is 0.870. The number of hydrogen-bond donors (Lipinski definition) is 2. The van der Waals surface area contributed by atoms with Crippen LogP contribution in [0.1, 0.15) is 36.7 Å². The van der Waals surface area contributed by atoms with Crippen molar-refractivity contribution in [2.75, 3.05) is 20.1 Å². The van der Waals surface area contributed by atoms with Gasteiger partial charge in [-0.15, -0.1) is 0 Å². The Morgan fingerprint density at radius 2 is 2.27 bits per heavy atom. The highest BCUT2D eigenvalue weighted by molar-refractivity contribution is 5.78. The molecule has 2 N–H and O–H groups in total. The van der Waals surface area contributed by atoms with E-state index in [1.165, 1.54) is 4.52 Å². The number of nitrogens with one attached hydrogen (secondary N) is 2. The van der Waals surface area contributed by atoms with Crippen molar-refractivity contribution in [2.24, 2.45) is 0 Å². The Morgan fingerprint density at radius 3 is 3.05 bits per heavy atom. The van der Waals surface area contributed by atoms with E-state index >= 15 is 0 Å². The van der Waals surface area contributed by atoms with Crippen LogP contribution in [0.15, 0.2) is 16.9 Å². The van der Waals surface area contributed by atoms with E-state index in [0.29, 0.717) is 17.9 Å². The summed E-state index contributed by atoms with van der Waals surface area (Å²) in [4.78, 5) is 31.0. The van der Waals surface area contributed by atoms with Gasteiger partial charge in [-0.2, -0.15) is 0 Å². The van der Waals surface area contributed by atoms with Crippen LogP contribution in [0, 0.1) is 6.92 Å². The van der Waals surface area contributed by atoms with Gasteiger partial charge in [-0.1, -0.05) is 0 Å². The average Bonchev–Trinajstić information content (AvgIpc) is 2.88. The molecular formula is C15H21N5O2. The Hall–Kier alpha value is -2.15. The fourth-order valence-electron chi connectivity index (χ4n) is 3.09. The first-order valence-corrected chi connectivity index (χ1v) is 7.63. The third-order valence-corrected chi connectivity index (χ3v) is 4.09. The molecule has 1 unspecified atom stereocenters. The number of fused-ring (bicyclic) bond motifs is 1. The summed E-state index contributed by atoms with van der Waals surface area (Å²) in [7, 11) is 1.76. The van der Waals surface area contributed by atoms with Crippen LogP contribution >= 0.6 is 0 Å². The number of H-pyrrole nitrogens is 1. The molecule has 7 nitrogen and oxygen atoms in total. The van der Waals surface area contributed by atoms with Gasteiger partial charge in [0, 0.05) is 24.4 Å². The molecule has 2 aromatic rings. The van der Waals surface area contributed by atoms with Crippen LogP contribution in [0.25, 0.3) is 5.65 Å². The first-order chi connectivity index (χ1) is 10.6. The lowest BCUT2D eigenvalue weighted by Gasteiger charge is -2.35. The number of carbonyl (C=O) groups is 1. The monoisotopic (exact) mass is 303 g/mol. The zero-order valence-electron chi connectivity index (χ0n) is 12.9. The number of rotatable bonds is 3. The number of nitrogens with zero attached hydrogens (tertiary/aromatic N) is 3. The zero-order valence-corrected chi connectivity index (χ0v) is 12.9. The van der Waals surface area contributed by atoms with Crippen LogP contribution in [-0.4, -0.2) is 45.5 Å². The van der Waals surface area contributed by atoms with Crippen LogP contribution in [0.5, 0.6) is 0 Å². The highest BCUT2D eigenvalue weighted by atomic mass is 16.2. The maximum absolute atomic E-state index is 12.3. The molecule has 7 heteroatoms. The van der Waals surface area contributed by atoms with E-state index in [1.54, 1.807) is 13.1 Å². The normalized spacial score (nSPS) is 18.8. The second-order valence-electron chi connectivity index (χ2n) is 5.78. The van der Waals surface area contributed by atoms with Crippen molar-refractivity contribution in [1.29, 1.82) is 0 Å². The molecule has 0 saturated carbocycles. The molecule has 1 amide bonds. The molecule has 1 saturated heterocycles. The van der Waals surface area contributed by atoms with Gasteiger partial charge in [-0.25, -0.2) is 9.50 Å². The van der Waals surface area contributed by atoms with Gasteiger partial charge in [-0.3, -0.25) is 14.7 Å². The molecular weight excluding hydrogens is 282 g/mol. The molecule has 22 heavy (non-hydrogen) atoms. The fraction of sp³-hybridized carbons (Fsp3) is 0.533. The van der Waals surface area contributed by atoms with Gasteiger partial charge in [0.1, 0.15) is 0 Å². The Kier molecular flexibility index (Phi) is 3.98. The van der Waals surface area contributed by atoms with Crippen LogP contribution < -0.4 is 10.9 Å². The van der Waals surface area contributed by atoms with Gasteiger partial charge in [-0.05, 0) is 33.2 Å². The SMILES string of the molecule is CNCC(=O)N1CCCCC1c1cc(=O)n2[nH]c(C)cc2n1. The topological polar surface area (TPSA) is 82.5 Å². The molecule has 0 spiro atoms. The van der Waals surface area contributed by atoms with Crippen LogP contribution in [-0.2, 0) is 4.79 Å². The maximum Gasteiger partial charge on any atom is 0.272 e. The third-order valence-electron chi connectivity index (χ3n) is 4.09. The number of likely N-dealkylation sites (N-methyl/N-ethyl adjacent to an activating group) is 1. The number of hydrogen-bond acceptors (Lipinski definition) is 4. The minimum absolute atomic E-state index is 0.0550. The highest BCUT2D eigenvalue weighted by Crippen LogP contribution is 2.29. The summed E-state index contributed by atoms with van der Waals surface area (Å²) in [5, 5.41) is 5.86. The zero-order chi connectivity index (χ0) is 15.7. The molecule has 3 heterocycles. The minimum Gasteiger partial charge on any atom is -0.333 e. The lowest BCUT2D eigenvalue weighted by Crippen LogP contribution is -2.43. The fourth-order valence-corrected chi connectivity index (χ4v) is 3.09. The molecule has 1 aliphatic heterocycles. The number of aromatic nitrogens is 3. The molecule has 3 rings (SSSR count). The summed E-state index contributed by atoms with van der Waals surface area (Å²) >= 11 is 0. The highest BCUT2D eigenvalue weighted by Gasteiger charge is 2.29. The number of carbonyl (C=O) groups excluding carboxylic acids is 1. The summed E-state index contributed by atoms with van der Waals surface area (Å²) in [6.07, 6.45) is 2.89. The largest absolute Gasteiger partial charge is 0.333 e. The Morgan fingerprint density at radius 1 is 1.45 bits per heavy atom. The molecule has 0 bridgehead atoms. The standard InChI is InChI=1S/C15H21N5O2/c1-10-7-13-17-11(8-14(21)20(13)18-10)12-5-3-4-6-19(12)15(22)9-16-2/h7-8,12,16,18H,3-6,9H2,1-2H3. The van der Waals surface area contributed by atoms with E-state index in [9.17, 15) is 9.59 Å². The van der Waals surface area contributed by atoms with Gasteiger partial charge in [0.25, 0.3) is 5.56 Å². The van der Waals surface area contributed by atoms with E-state index in [0.717, 1.165) is 31.5 Å². The van der Waals surface area contributed by atoms with Crippen molar-refractivity contribution in [2.45, 2.75) is 32.2 Å². The summed E-state index contributed by atoms with van der Waals surface area (Å²) in [5.74, 6) is 0.0550. The second-order valence-corrected chi connectivity index (χ2v) is 5.78. The molecule has 0 aromatic carbocycles. The number of aromatic amines is 1. The molecule has 0 radical (unpaired) electrons. The Labute approximate surface area is 128 Å². The minimum atomic E-state index is -0.139. The summed E-state index contributed by atoms with van der Waals surface area (Å²) < 4.78 is 1.43. The van der Waals surface area contributed by atoms with E-state index in [4.69, 9.17) is 0 Å². The number of piperidine rings is 1. The van der Waals surface area contributed by atoms with Gasteiger partial charge in [0.15, 0.2) is 5.65 Å². The predicted molar refractivity (Wildman–Crippen MR) is 82.8 cm³/mol. The Balaban J connectivity index is 2.00. The lowest BCUT2D eigenvalue weighted by atomic mass is 9.99. The smallest absolute Gasteiger partial charge is 0.272 e. The summed E-state index contributed by atoms with van der Waals surface area (Å²) in [6, 6.07) is 3.27. The van der Waals surface area contributed by atoms with E-state index in [2.05, 4.69) is 15.4 Å². The van der Waals surface area contributed by atoms with Crippen molar-refractivity contribution in [3.63, 3.8) is 0 Å². The first-order valence-electron chi connectivity index (χ1n) is 7.63. The lowest BCUT2D eigenvalue weighted by molar-refractivity contribution is -0.134. The molecule has 0 aliphatic carbocycles. The van der Waals surface area contributed by atoms with Gasteiger partial charge < -0.3 is 10.2 Å². The number of likely N-dealkylation sites (tertiary alicyclic amines) is 1. The van der Waals surface area contributed by atoms with Crippen molar-refractivity contribution in [3.8, 4) is 0 Å². The van der Waals surface area contributed by atoms with E-state index in [-0.39, 0.29) is 17.5 Å². The van der Waals surface area contributed by atoms with Gasteiger partial charge >= 0.3 is 0 Å². The van der Waals surface area contributed by atoms with Gasteiger partial charge in [0.05, 0.1) is 18.3 Å². The Bertz CT molecular complexity index is 748. The molecule has 118 valence electrons. The van der Waals surface area contributed by atoms with E-state index < -0.39 is 0 Å². The second kappa shape index (κ2) is 5.92. The molecule has 2 aromatic heterocycles. The maximum atomic E-state index is 12.3. The summed E-state index contributed by atoms with van der Waals surface area (Å²) in [5.41, 5.74) is 2.04. The number of amides is 1. The van der Waals surface area contributed by atoms with E-state index in [1.807, 2.05) is 17.9 Å². The van der Waals surface area contributed by atoms with Gasteiger partial charge in [0.2, 0.25) is 5.91 Å². The van der Waals surface area contributed by atoms with Crippen molar-refractivity contribution >= 4 is 11.6 Å². The number of aryl methyl sites for hydroxylation is 1. The van der Waals surface area contributed by atoms with Crippen molar-refractivity contribution < 1.29 is 4.79 Å². The van der Waals surface area contributed by atoms with Crippen LogP contribution in [0.4, 0.5) is 0 Å². The molecule has 1 aliphatic rings. The first kappa shape index (κ1) is 14.8. The molecule has 1 fully saturated rings. The van der Waals surface area contributed by atoms with Crippen molar-refractivity contribution in [1.82, 2.24) is 24.8 Å². The summed E-state index contributed by atoms with van der Waals surface area (Å²) in [6.45, 7) is 2.91. The van der Waals surface area contributed by atoms with Crippen LogP contribution in [0.3, 0.4) is 0 Å². The predicted octanol–water partition coefficient (Wildman–Crippen LogP) is 0.604. The van der Waals surface area contributed by atoms with Crippen LogP contribution in [0.2, 0.25) is 0 Å². The average molecular weight is 303 g/mol. The molecule has 1 atom stereocenters.